The minimum atomic E-state index is -1.09. The van der Waals surface area contributed by atoms with Gasteiger partial charge in [0.25, 0.3) is 5.91 Å². The summed E-state index contributed by atoms with van der Waals surface area (Å²) < 4.78 is 30.9. The number of ether oxygens (including phenoxy) is 3. The van der Waals surface area contributed by atoms with Gasteiger partial charge >= 0.3 is 11.9 Å². The number of nitrogens with one attached hydrogen (secondary N) is 1. The predicted octanol–water partition coefficient (Wildman–Crippen LogP) is 5.87. The molecule has 0 aliphatic rings. The van der Waals surface area contributed by atoms with Crippen molar-refractivity contribution in [1.82, 2.24) is 9.88 Å². The summed E-state index contributed by atoms with van der Waals surface area (Å²) in [7, 11) is 3.96. The summed E-state index contributed by atoms with van der Waals surface area (Å²) in [4.78, 5) is 38.4. The number of aliphatic hydroxyl groups is 2. The largest absolute Gasteiger partial charge is 0.496 e. The van der Waals surface area contributed by atoms with Crippen molar-refractivity contribution in [1.29, 1.82) is 0 Å². The van der Waals surface area contributed by atoms with Crippen molar-refractivity contribution in [3.05, 3.63) is 101 Å². The second-order valence-corrected chi connectivity index (χ2v) is 12.0. The molecule has 0 radical (unpaired) electrons. The molecule has 3 N–H and O–H groups in total. The number of benzene rings is 3. The van der Waals surface area contributed by atoms with Crippen molar-refractivity contribution in [3.8, 4) is 28.0 Å². The standard InChI is InChI=1S/C38H43FN2O8/c1-23(2)41-31(17-16-28(42)20-29(43)21-33(44)48-4)34(26-12-14-27(39)15-13-26)35(25-9-7-6-8-10-25)36(41)37(45)40-22-24-11-18-32(47-3)30(19-24)38(46)49-5/h6-15,18-19,23,28-29,42-43H,16-17,20-22H2,1-5H3,(H,40,45)/t28-,29-/m1/s1. The molecule has 0 saturated heterocycles. The molecular formula is C38H43FN2O8. The average Bonchev–Trinajstić information content (AvgIpc) is 3.45. The average molecular weight is 675 g/mol. The number of halogens is 1. The van der Waals surface area contributed by atoms with Crippen molar-refractivity contribution in [2.75, 3.05) is 21.3 Å². The molecule has 2 atom stereocenters. The number of rotatable bonds is 15. The van der Waals surface area contributed by atoms with Gasteiger partial charge in [-0.1, -0.05) is 48.5 Å². The van der Waals surface area contributed by atoms with Gasteiger partial charge < -0.3 is 34.3 Å². The zero-order valence-electron chi connectivity index (χ0n) is 28.4. The Morgan fingerprint density at radius 2 is 1.53 bits per heavy atom. The molecule has 0 unspecified atom stereocenters. The van der Waals surface area contributed by atoms with Crippen LogP contribution in [0.1, 0.15) is 71.3 Å². The Bertz CT molecular complexity index is 1750. The van der Waals surface area contributed by atoms with Gasteiger partial charge in [-0.15, -0.1) is 0 Å². The van der Waals surface area contributed by atoms with E-state index in [-0.39, 0.29) is 43.3 Å². The fourth-order valence-electron chi connectivity index (χ4n) is 5.99. The number of carbonyl (C=O) groups excluding carboxylic acids is 3. The van der Waals surface area contributed by atoms with Crippen molar-refractivity contribution in [2.24, 2.45) is 0 Å². The summed E-state index contributed by atoms with van der Waals surface area (Å²) in [5.41, 5.74) is 4.78. The molecule has 0 fully saturated rings. The lowest BCUT2D eigenvalue weighted by Crippen LogP contribution is -2.27. The van der Waals surface area contributed by atoms with E-state index in [4.69, 9.17) is 9.47 Å². The zero-order chi connectivity index (χ0) is 35.7. The number of carbonyl (C=O) groups is 3. The smallest absolute Gasteiger partial charge is 0.341 e. The summed E-state index contributed by atoms with van der Waals surface area (Å²) in [5.74, 6) is -1.60. The third-order valence-electron chi connectivity index (χ3n) is 8.24. The Morgan fingerprint density at radius 3 is 2.14 bits per heavy atom. The van der Waals surface area contributed by atoms with Gasteiger partial charge in [-0.3, -0.25) is 9.59 Å². The molecule has 3 aromatic carbocycles. The van der Waals surface area contributed by atoms with Crippen molar-refractivity contribution >= 4 is 17.8 Å². The van der Waals surface area contributed by atoms with E-state index in [0.717, 1.165) is 11.3 Å². The second-order valence-electron chi connectivity index (χ2n) is 12.0. The number of nitrogens with zero attached hydrogens (tertiary/aromatic N) is 1. The number of hydrogen-bond donors (Lipinski definition) is 3. The molecule has 4 aromatic rings. The lowest BCUT2D eigenvalue weighted by Gasteiger charge is -2.20. The minimum absolute atomic E-state index is 0.0440. The number of amides is 1. The number of hydrogen-bond acceptors (Lipinski definition) is 8. The fraction of sp³-hybridized carbons (Fsp3) is 0.342. The molecular weight excluding hydrogens is 631 g/mol. The quantitative estimate of drug-likeness (QED) is 0.133. The van der Waals surface area contributed by atoms with E-state index in [1.807, 2.05) is 48.7 Å². The predicted molar refractivity (Wildman–Crippen MR) is 183 cm³/mol. The van der Waals surface area contributed by atoms with Crippen LogP contribution in [0.15, 0.2) is 72.8 Å². The van der Waals surface area contributed by atoms with Crippen LogP contribution in [0.25, 0.3) is 22.3 Å². The van der Waals surface area contributed by atoms with Gasteiger partial charge in [-0.2, -0.15) is 0 Å². The first-order chi connectivity index (χ1) is 23.5. The zero-order valence-corrected chi connectivity index (χ0v) is 28.4. The van der Waals surface area contributed by atoms with Crippen molar-refractivity contribution in [3.63, 3.8) is 0 Å². The fourth-order valence-corrected chi connectivity index (χ4v) is 5.99. The highest BCUT2D eigenvalue weighted by Crippen LogP contribution is 2.42. The Balaban J connectivity index is 1.82. The van der Waals surface area contributed by atoms with E-state index in [1.54, 1.807) is 30.3 Å². The first-order valence-electron chi connectivity index (χ1n) is 16.0. The summed E-state index contributed by atoms with van der Waals surface area (Å²) in [5, 5.41) is 24.3. The molecule has 11 heteroatoms. The SMILES string of the molecule is COC(=O)C[C@H](O)C[C@H](O)CCc1c(-c2ccc(F)cc2)c(-c2ccccc2)c(C(=O)NCc2ccc(OC)c(C(=O)OC)c2)n1C(C)C. The lowest BCUT2D eigenvalue weighted by molar-refractivity contribution is -0.143. The third-order valence-corrected chi connectivity index (χ3v) is 8.24. The lowest BCUT2D eigenvalue weighted by atomic mass is 9.92. The van der Waals surface area contributed by atoms with Crippen LogP contribution < -0.4 is 10.1 Å². The first-order valence-corrected chi connectivity index (χ1v) is 16.0. The van der Waals surface area contributed by atoms with Crippen molar-refractivity contribution < 1.29 is 43.2 Å². The third kappa shape index (κ3) is 8.92. The van der Waals surface area contributed by atoms with E-state index in [0.29, 0.717) is 40.1 Å². The maximum Gasteiger partial charge on any atom is 0.341 e. The van der Waals surface area contributed by atoms with Crippen LogP contribution in [0.4, 0.5) is 4.39 Å². The van der Waals surface area contributed by atoms with Gasteiger partial charge in [0.15, 0.2) is 0 Å². The maximum atomic E-state index is 14.4. The van der Waals surface area contributed by atoms with E-state index in [1.165, 1.54) is 33.5 Å². The van der Waals surface area contributed by atoms with Gasteiger partial charge in [0.05, 0.1) is 40.0 Å². The van der Waals surface area contributed by atoms with Gasteiger partial charge in [-0.25, -0.2) is 9.18 Å². The monoisotopic (exact) mass is 674 g/mol. The number of esters is 2. The van der Waals surface area contributed by atoms with Crippen LogP contribution in [0, 0.1) is 5.82 Å². The van der Waals surface area contributed by atoms with E-state index in [9.17, 15) is 29.0 Å². The molecule has 4 rings (SSSR count). The van der Waals surface area contributed by atoms with Gasteiger partial charge in [0.1, 0.15) is 22.8 Å². The Morgan fingerprint density at radius 1 is 0.857 bits per heavy atom. The summed E-state index contributed by atoms with van der Waals surface area (Å²) >= 11 is 0. The van der Waals surface area contributed by atoms with Crippen LogP contribution >= 0.6 is 0 Å². The Labute approximate surface area is 285 Å². The first kappa shape index (κ1) is 36.8. The molecule has 1 heterocycles. The molecule has 260 valence electrons. The molecule has 0 spiro atoms. The maximum absolute atomic E-state index is 14.4. The van der Waals surface area contributed by atoms with E-state index in [2.05, 4.69) is 10.1 Å². The molecule has 0 bridgehead atoms. The number of aromatic nitrogens is 1. The highest BCUT2D eigenvalue weighted by atomic mass is 19.1. The highest BCUT2D eigenvalue weighted by Gasteiger charge is 2.30. The van der Waals surface area contributed by atoms with Crippen LogP contribution in [0.3, 0.4) is 0 Å². The van der Waals surface area contributed by atoms with Gasteiger partial charge in [0.2, 0.25) is 0 Å². The Kier molecular flexibility index (Phi) is 12.7. The van der Waals surface area contributed by atoms with Gasteiger partial charge in [0, 0.05) is 29.4 Å². The van der Waals surface area contributed by atoms with Crippen LogP contribution in [-0.2, 0) is 27.2 Å². The highest BCUT2D eigenvalue weighted by molar-refractivity contribution is 6.05. The second kappa shape index (κ2) is 16.9. The Hall–Kier alpha value is -5.00. The number of methoxy groups -OCH3 is 3. The molecule has 0 aliphatic carbocycles. The molecule has 10 nitrogen and oxygen atoms in total. The van der Waals surface area contributed by atoms with Gasteiger partial charge in [-0.05, 0) is 74.1 Å². The molecule has 1 amide bonds. The molecule has 0 saturated carbocycles. The van der Waals surface area contributed by atoms with E-state index < -0.39 is 30.0 Å². The van der Waals surface area contributed by atoms with E-state index >= 15 is 0 Å². The minimum Gasteiger partial charge on any atom is -0.496 e. The van der Waals surface area contributed by atoms with Crippen molar-refractivity contribution in [2.45, 2.75) is 64.3 Å². The number of aliphatic hydroxyl groups excluding tert-OH is 2. The van der Waals surface area contributed by atoms with Crippen LogP contribution in [0.2, 0.25) is 0 Å². The topological polar surface area (TPSA) is 136 Å². The normalized spacial score (nSPS) is 12.3. The summed E-state index contributed by atoms with van der Waals surface area (Å²) in [6, 6.07) is 20.2. The molecule has 1 aromatic heterocycles. The van der Waals surface area contributed by atoms with Crippen LogP contribution in [0.5, 0.6) is 5.75 Å². The van der Waals surface area contributed by atoms with Crippen LogP contribution in [-0.4, -0.2) is 66.2 Å². The summed E-state index contributed by atoms with van der Waals surface area (Å²) in [6.07, 6.45) is -1.83. The summed E-state index contributed by atoms with van der Waals surface area (Å²) in [6.45, 7) is 3.99. The molecule has 0 aliphatic heterocycles. The molecule has 49 heavy (non-hydrogen) atoms.